The summed E-state index contributed by atoms with van der Waals surface area (Å²) < 4.78 is 19.1. The summed E-state index contributed by atoms with van der Waals surface area (Å²) in [5.41, 5.74) is 1.10. The normalized spacial score (nSPS) is 13.2. The van der Waals surface area contributed by atoms with Gasteiger partial charge in [-0.3, -0.25) is 4.79 Å². The van der Waals surface area contributed by atoms with Crippen LogP contribution in [0, 0.1) is 5.82 Å². The van der Waals surface area contributed by atoms with E-state index in [1.807, 2.05) is 6.92 Å². The zero-order chi connectivity index (χ0) is 17.7. The van der Waals surface area contributed by atoms with E-state index >= 15 is 0 Å². The molecule has 0 saturated heterocycles. The summed E-state index contributed by atoms with van der Waals surface area (Å²) in [6.45, 7) is 3.67. The van der Waals surface area contributed by atoms with Crippen molar-refractivity contribution in [3.8, 4) is 5.75 Å². The van der Waals surface area contributed by atoms with Crippen LogP contribution in [0.25, 0.3) is 0 Å². The Labute approximate surface area is 150 Å². The standard InChI is InChI=1S/C18H19ClFNO2S/c1-11(14-6-4-5-7-15(14)20)24-12(2)18(22)21-16-10-13(19)8-9-17(16)23-3/h4-12H,1-3H3,(H,21,22). The van der Waals surface area contributed by atoms with Gasteiger partial charge in [-0.15, -0.1) is 11.8 Å². The lowest BCUT2D eigenvalue weighted by Gasteiger charge is -2.18. The number of nitrogens with one attached hydrogen (secondary N) is 1. The number of hydrogen-bond acceptors (Lipinski definition) is 3. The topological polar surface area (TPSA) is 38.3 Å². The largest absolute Gasteiger partial charge is 0.495 e. The van der Waals surface area contributed by atoms with Crippen molar-refractivity contribution >= 4 is 35.0 Å². The molecule has 1 N–H and O–H groups in total. The molecule has 24 heavy (non-hydrogen) atoms. The number of carbonyl (C=O) groups is 1. The Morgan fingerprint density at radius 1 is 1.25 bits per heavy atom. The molecule has 0 saturated carbocycles. The van der Waals surface area contributed by atoms with Gasteiger partial charge in [-0.05, 0) is 38.1 Å². The van der Waals surface area contributed by atoms with Crippen molar-refractivity contribution in [1.82, 2.24) is 0 Å². The highest BCUT2D eigenvalue weighted by molar-refractivity contribution is 8.00. The monoisotopic (exact) mass is 367 g/mol. The Kier molecular flexibility index (Phi) is 6.52. The van der Waals surface area contributed by atoms with Gasteiger partial charge in [0.05, 0.1) is 18.0 Å². The zero-order valence-electron chi connectivity index (χ0n) is 13.7. The van der Waals surface area contributed by atoms with Gasteiger partial charge in [0.2, 0.25) is 5.91 Å². The third-order valence-corrected chi connectivity index (χ3v) is 5.06. The number of ether oxygens (including phenoxy) is 1. The number of hydrogen-bond donors (Lipinski definition) is 1. The molecule has 0 aliphatic rings. The lowest BCUT2D eigenvalue weighted by molar-refractivity contribution is -0.115. The van der Waals surface area contributed by atoms with Gasteiger partial charge in [-0.25, -0.2) is 4.39 Å². The van der Waals surface area contributed by atoms with Gasteiger partial charge in [0, 0.05) is 15.8 Å². The Bertz CT molecular complexity index is 726. The number of rotatable bonds is 6. The zero-order valence-corrected chi connectivity index (χ0v) is 15.2. The molecule has 0 bridgehead atoms. The molecule has 3 nitrogen and oxygen atoms in total. The molecule has 0 fully saturated rings. The van der Waals surface area contributed by atoms with E-state index in [1.54, 1.807) is 43.3 Å². The second-order valence-corrected chi connectivity index (χ2v) is 7.40. The van der Waals surface area contributed by atoms with Gasteiger partial charge in [-0.2, -0.15) is 0 Å². The summed E-state index contributed by atoms with van der Waals surface area (Å²) in [7, 11) is 1.53. The predicted octanol–water partition coefficient (Wildman–Crippen LogP) is 5.31. The smallest absolute Gasteiger partial charge is 0.237 e. The maximum Gasteiger partial charge on any atom is 0.237 e. The molecule has 0 spiro atoms. The Balaban J connectivity index is 2.05. The van der Waals surface area contributed by atoms with Crippen LogP contribution in [0.15, 0.2) is 42.5 Å². The lowest BCUT2D eigenvalue weighted by atomic mass is 10.1. The minimum Gasteiger partial charge on any atom is -0.495 e. The molecule has 0 aliphatic carbocycles. The molecule has 2 rings (SSSR count). The Hall–Kier alpha value is -1.72. The van der Waals surface area contributed by atoms with Crippen molar-refractivity contribution in [2.24, 2.45) is 0 Å². The SMILES string of the molecule is COc1ccc(Cl)cc1NC(=O)C(C)SC(C)c1ccccc1F. The van der Waals surface area contributed by atoms with Gasteiger partial charge < -0.3 is 10.1 Å². The summed E-state index contributed by atoms with van der Waals surface area (Å²) >= 11 is 7.35. The van der Waals surface area contributed by atoms with Crippen molar-refractivity contribution in [3.05, 3.63) is 58.9 Å². The second-order valence-electron chi connectivity index (χ2n) is 5.28. The summed E-state index contributed by atoms with van der Waals surface area (Å²) in [5.74, 6) is 0.0810. The maximum absolute atomic E-state index is 13.8. The van der Waals surface area contributed by atoms with Crippen molar-refractivity contribution in [2.75, 3.05) is 12.4 Å². The molecule has 0 aromatic heterocycles. The first kappa shape index (κ1) is 18.6. The molecular weight excluding hydrogens is 349 g/mol. The molecule has 6 heteroatoms. The number of carbonyl (C=O) groups excluding carboxylic acids is 1. The number of anilines is 1. The van der Waals surface area contributed by atoms with Gasteiger partial charge in [0.15, 0.2) is 0 Å². The van der Waals surface area contributed by atoms with Crippen LogP contribution in [0.5, 0.6) is 5.75 Å². The van der Waals surface area contributed by atoms with Crippen molar-refractivity contribution in [1.29, 1.82) is 0 Å². The number of halogens is 2. The molecule has 2 unspecified atom stereocenters. The van der Waals surface area contributed by atoms with Crippen LogP contribution >= 0.6 is 23.4 Å². The second kappa shape index (κ2) is 8.40. The van der Waals surface area contributed by atoms with Crippen LogP contribution in [-0.2, 0) is 4.79 Å². The van der Waals surface area contributed by atoms with Crippen LogP contribution in [0.3, 0.4) is 0 Å². The van der Waals surface area contributed by atoms with Gasteiger partial charge in [0.25, 0.3) is 0 Å². The lowest BCUT2D eigenvalue weighted by Crippen LogP contribution is -2.23. The fourth-order valence-electron chi connectivity index (χ4n) is 2.26. The molecule has 2 aromatic carbocycles. The van der Waals surface area contributed by atoms with Crippen LogP contribution in [0.1, 0.15) is 24.7 Å². The van der Waals surface area contributed by atoms with Gasteiger partial charge in [-0.1, -0.05) is 29.8 Å². The number of methoxy groups -OCH3 is 1. The van der Waals surface area contributed by atoms with Crippen molar-refractivity contribution < 1.29 is 13.9 Å². The Morgan fingerprint density at radius 3 is 2.62 bits per heavy atom. The van der Waals surface area contributed by atoms with E-state index in [9.17, 15) is 9.18 Å². The quantitative estimate of drug-likeness (QED) is 0.752. The van der Waals surface area contributed by atoms with E-state index in [0.717, 1.165) is 0 Å². The highest BCUT2D eigenvalue weighted by Crippen LogP contribution is 2.34. The van der Waals surface area contributed by atoms with E-state index in [4.69, 9.17) is 16.3 Å². The highest BCUT2D eigenvalue weighted by Gasteiger charge is 2.20. The van der Waals surface area contributed by atoms with E-state index in [0.29, 0.717) is 22.0 Å². The highest BCUT2D eigenvalue weighted by atomic mass is 35.5. The first-order chi connectivity index (χ1) is 11.4. The molecule has 2 atom stereocenters. The minimum atomic E-state index is -0.372. The van der Waals surface area contributed by atoms with Crippen LogP contribution in [0.4, 0.5) is 10.1 Å². The molecule has 128 valence electrons. The fraction of sp³-hybridized carbons (Fsp3) is 0.278. The first-order valence-electron chi connectivity index (χ1n) is 7.46. The molecule has 0 radical (unpaired) electrons. The predicted molar refractivity (Wildman–Crippen MR) is 98.5 cm³/mol. The summed E-state index contributed by atoms with van der Waals surface area (Å²) in [5, 5.41) is 2.80. The minimum absolute atomic E-state index is 0.145. The van der Waals surface area contributed by atoms with E-state index in [1.165, 1.54) is 24.9 Å². The first-order valence-corrected chi connectivity index (χ1v) is 8.78. The molecule has 0 heterocycles. The maximum atomic E-state index is 13.8. The molecular formula is C18H19ClFNO2S. The average Bonchev–Trinajstić information content (AvgIpc) is 2.55. The fourth-order valence-corrected chi connectivity index (χ4v) is 3.56. The number of amides is 1. The van der Waals surface area contributed by atoms with Crippen molar-refractivity contribution in [2.45, 2.75) is 24.3 Å². The molecule has 1 amide bonds. The van der Waals surface area contributed by atoms with Crippen LogP contribution in [-0.4, -0.2) is 18.3 Å². The van der Waals surface area contributed by atoms with E-state index in [-0.39, 0.29) is 22.2 Å². The van der Waals surface area contributed by atoms with Gasteiger partial charge >= 0.3 is 0 Å². The Morgan fingerprint density at radius 2 is 1.96 bits per heavy atom. The number of benzene rings is 2. The van der Waals surface area contributed by atoms with E-state index in [2.05, 4.69) is 5.32 Å². The van der Waals surface area contributed by atoms with Crippen molar-refractivity contribution in [3.63, 3.8) is 0 Å². The average molecular weight is 368 g/mol. The number of thioether (sulfide) groups is 1. The summed E-state index contributed by atoms with van der Waals surface area (Å²) in [6.07, 6.45) is 0. The summed E-state index contributed by atoms with van der Waals surface area (Å²) in [6, 6.07) is 11.6. The third kappa shape index (κ3) is 4.65. The summed E-state index contributed by atoms with van der Waals surface area (Å²) in [4.78, 5) is 12.4. The van der Waals surface area contributed by atoms with Crippen LogP contribution < -0.4 is 10.1 Å². The molecule has 0 aliphatic heterocycles. The molecule has 2 aromatic rings. The third-order valence-electron chi connectivity index (χ3n) is 3.54. The van der Waals surface area contributed by atoms with E-state index < -0.39 is 0 Å². The van der Waals surface area contributed by atoms with Crippen LogP contribution in [0.2, 0.25) is 5.02 Å². The van der Waals surface area contributed by atoms with Gasteiger partial charge in [0.1, 0.15) is 11.6 Å².